The molecule has 45 heavy (non-hydrogen) atoms. The van der Waals surface area contributed by atoms with Crippen LogP contribution in [0.4, 0.5) is 21.0 Å². The summed E-state index contributed by atoms with van der Waals surface area (Å²) in [6.45, 7) is 8.17. The summed E-state index contributed by atoms with van der Waals surface area (Å²) in [5, 5.41) is 16.6. The minimum absolute atomic E-state index is 0.208. The van der Waals surface area contributed by atoms with Gasteiger partial charge in [0, 0.05) is 56.7 Å². The van der Waals surface area contributed by atoms with E-state index >= 15 is 0 Å². The van der Waals surface area contributed by atoms with Crippen LogP contribution in [0.1, 0.15) is 61.7 Å². The fourth-order valence-corrected chi connectivity index (χ4v) is 7.57. The molecular weight excluding hydrogens is 608 g/mol. The van der Waals surface area contributed by atoms with Gasteiger partial charge in [-0.05, 0) is 61.6 Å². The number of hydrogen-bond donors (Lipinski definition) is 3. The molecule has 1 fully saturated rings. The van der Waals surface area contributed by atoms with Crippen LogP contribution in [0.2, 0.25) is 30.7 Å². The Morgan fingerprint density at radius 2 is 1.71 bits per heavy atom. The van der Waals surface area contributed by atoms with E-state index in [-0.39, 0.29) is 12.5 Å². The second kappa shape index (κ2) is 16.9. The number of ether oxygens (including phenoxy) is 1. The standard InChI is InChI=1S/C34H51ClN4O5Si/c1-38(33(42)43)25-34(18-21-45(3,4)5,24-26-12-7-6-8-13-26)37-31(40)27-14-9-16-29(22-27)39(20-11-19-36-32(41)44-2)30-17-10-15-28(35)23-30/h9-10,14-17,22-23,26H,6-8,11-13,18-21,24-25H2,1-5H3,(H,36,41)(H,37,40)(H,42,43)/t34-/m0/s1. The van der Waals surface area contributed by atoms with Crippen LogP contribution in [0.3, 0.4) is 0 Å². The molecule has 3 N–H and O–H groups in total. The number of benzene rings is 2. The van der Waals surface area contributed by atoms with Crippen molar-refractivity contribution >= 4 is 49.1 Å². The van der Waals surface area contributed by atoms with E-state index in [1.807, 2.05) is 42.5 Å². The lowest BCUT2D eigenvalue weighted by atomic mass is 9.77. The zero-order chi connectivity index (χ0) is 33.0. The van der Waals surface area contributed by atoms with Gasteiger partial charge in [0.25, 0.3) is 5.91 Å². The average molecular weight is 659 g/mol. The van der Waals surface area contributed by atoms with E-state index in [4.69, 9.17) is 11.6 Å². The van der Waals surface area contributed by atoms with Crippen LogP contribution < -0.4 is 15.5 Å². The van der Waals surface area contributed by atoms with Crippen LogP contribution >= 0.6 is 11.6 Å². The second-order valence-electron chi connectivity index (χ2n) is 13.6. The molecule has 0 aliphatic heterocycles. The minimum Gasteiger partial charge on any atom is -0.465 e. The highest BCUT2D eigenvalue weighted by atomic mass is 35.5. The first-order valence-corrected chi connectivity index (χ1v) is 20.1. The van der Waals surface area contributed by atoms with E-state index in [1.54, 1.807) is 13.1 Å². The largest absolute Gasteiger partial charge is 0.465 e. The minimum atomic E-state index is -1.50. The Morgan fingerprint density at radius 3 is 2.33 bits per heavy atom. The molecule has 0 heterocycles. The highest BCUT2D eigenvalue weighted by Crippen LogP contribution is 2.35. The lowest BCUT2D eigenvalue weighted by Gasteiger charge is -2.42. The number of carbonyl (C=O) groups excluding carboxylic acids is 2. The lowest BCUT2D eigenvalue weighted by molar-refractivity contribution is 0.0807. The molecular formula is C34H51ClN4O5Si. The molecule has 248 valence electrons. The van der Waals surface area contributed by atoms with Gasteiger partial charge >= 0.3 is 12.2 Å². The van der Waals surface area contributed by atoms with Gasteiger partial charge in [-0.1, -0.05) is 81.5 Å². The monoisotopic (exact) mass is 658 g/mol. The number of hydrogen-bond acceptors (Lipinski definition) is 5. The molecule has 1 aliphatic carbocycles. The highest BCUT2D eigenvalue weighted by Gasteiger charge is 2.38. The van der Waals surface area contributed by atoms with Crippen LogP contribution in [-0.2, 0) is 4.74 Å². The maximum atomic E-state index is 14.1. The van der Waals surface area contributed by atoms with E-state index < -0.39 is 25.8 Å². The molecule has 11 heteroatoms. The van der Waals surface area contributed by atoms with E-state index in [0.29, 0.717) is 36.0 Å². The van der Waals surface area contributed by atoms with Gasteiger partial charge in [0.15, 0.2) is 0 Å². The fraction of sp³-hybridized carbons (Fsp3) is 0.559. The number of nitrogens with one attached hydrogen (secondary N) is 2. The maximum Gasteiger partial charge on any atom is 0.407 e. The maximum absolute atomic E-state index is 14.1. The van der Waals surface area contributed by atoms with Crippen LogP contribution in [0.5, 0.6) is 0 Å². The van der Waals surface area contributed by atoms with Crippen molar-refractivity contribution < 1.29 is 24.2 Å². The van der Waals surface area contributed by atoms with Gasteiger partial charge < -0.3 is 30.3 Å². The number of carbonyl (C=O) groups is 3. The third-order valence-corrected chi connectivity index (χ3v) is 10.5. The number of alkyl carbamates (subject to hydrolysis) is 1. The first kappa shape index (κ1) is 36.2. The molecule has 2 aromatic carbocycles. The smallest absolute Gasteiger partial charge is 0.407 e. The average Bonchev–Trinajstić information content (AvgIpc) is 3.00. The van der Waals surface area contributed by atoms with Crippen LogP contribution in [0, 0.1) is 5.92 Å². The molecule has 0 spiro atoms. The zero-order valence-electron chi connectivity index (χ0n) is 27.5. The summed E-state index contributed by atoms with van der Waals surface area (Å²) in [4.78, 5) is 41.1. The summed E-state index contributed by atoms with van der Waals surface area (Å²) in [5.41, 5.74) is 1.51. The fourth-order valence-electron chi connectivity index (χ4n) is 6.16. The van der Waals surface area contributed by atoms with Crippen molar-refractivity contribution in [3.63, 3.8) is 0 Å². The van der Waals surface area contributed by atoms with E-state index in [2.05, 4.69) is 39.9 Å². The molecule has 3 rings (SSSR count). The number of rotatable bonds is 15. The number of amides is 3. The Hall–Kier alpha value is -3.24. The first-order valence-electron chi connectivity index (χ1n) is 16.0. The summed E-state index contributed by atoms with van der Waals surface area (Å²) in [6, 6.07) is 16.0. The molecule has 9 nitrogen and oxygen atoms in total. The Kier molecular flexibility index (Phi) is 13.6. The van der Waals surface area contributed by atoms with Crippen LogP contribution in [0.25, 0.3) is 0 Å². The Balaban J connectivity index is 1.94. The van der Waals surface area contributed by atoms with Gasteiger partial charge in [0.2, 0.25) is 0 Å². The van der Waals surface area contributed by atoms with Gasteiger partial charge in [0.1, 0.15) is 0 Å². The Labute approximate surface area is 274 Å². The van der Waals surface area contributed by atoms with Crippen molar-refractivity contribution in [2.75, 3.05) is 38.7 Å². The van der Waals surface area contributed by atoms with Crippen LogP contribution in [0.15, 0.2) is 48.5 Å². The predicted octanol–water partition coefficient (Wildman–Crippen LogP) is 8.00. The quantitative estimate of drug-likeness (QED) is 0.132. The molecule has 0 saturated heterocycles. The summed E-state index contributed by atoms with van der Waals surface area (Å²) in [6.07, 6.45) is 6.45. The lowest BCUT2D eigenvalue weighted by Crippen LogP contribution is -2.57. The van der Waals surface area contributed by atoms with Crippen LogP contribution in [-0.4, -0.2) is 75.5 Å². The molecule has 0 unspecified atom stereocenters. The van der Waals surface area contributed by atoms with Crippen molar-refractivity contribution in [1.29, 1.82) is 0 Å². The molecule has 3 amide bonds. The summed E-state index contributed by atoms with van der Waals surface area (Å²) < 4.78 is 4.69. The second-order valence-corrected chi connectivity index (χ2v) is 19.7. The van der Waals surface area contributed by atoms with Crippen molar-refractivity contribution in [2.45, 2.75) is 82.6 Å². The molecule has 1 atom stereocenters. The highest BCUT2D eigenvalue weighted by molar-refractivity contribution is 6.76. The van der Waals surface area contributed by atoms with Gasteiger partial charge in [-0.15, -0.1) is 0 Å². The summed E-state index contributed by atoms with van der Waals surface area (Å²) in [7, 11) is 1.42. The zero-order valence-corrected chi connectivity index (χ0v) is 29.3. The topological polar surface area (TPSA) is 111 Å². The summed E-state index contributed by atoms with van der Waals surface area (Å²) in [5.74, 6) is 0.242. The third-order valence-electron chi connectivity index (χ3n) is 8.56. The number of carboxylic acid groups (broad SMARTS) is 1. The van der Waals surface area contributed by atoms with Crippen molar-refractivity contribution in [3.8, 4) is 0 Å². The molecule has 2 aromatic rings. The SMILES string of the molecule is COC(=O)NCCCN(c1cccc(Cl)c1)c1cccc(C(=O)N[C@@](CC[Si](C)(C)C)(CC2CCCCC2)CN(C)C(=O)O)c1. The molecule has 1 aliphatic rings. The Bertz CT molecular complexity index is 1280. The van der Waals surface area contributed by atoms with Gasteiger partial charge in [-0.3, -0.25) is 4.79 Å². The van der Waals surface area contributed by atoms with Crippen molar-refractivity contribution in [1.82, 2.24) is 15.5 Å². The summed E-state index contributed by atoms with van der Waals surface area (Å²) >= 11 is 6.35. The van der Waals surface area contributed by atoms with Crippen molar-refractivity contribution in [3.05, 3.63) is 59.1 Å². The Morgan fingerprint density at radius 1 is 1.04 bits per heavy atom. The van der Waals surface area contributed by atoms with E-state index in [9.17, 15) is 19.5 Å². The van der Waals surface area contributed by atoms with E-state index in [0.717, 1.165) is 43.1 Å². The molecule has 0 aromatic heterocycles. The number of nitrogens with zero attached hydrogens (tertiary/aromatic N) is 2. The predicted molar refractivity (Wildman–Crippen MR) is 185 cm³/mol. The number of anilines is 2. The van der Waals surface area contributed by atoms with Gasteiger partial charge in [-0.25, -0.2) is 9.59 Å². The molecule has 1 saturated carbocycles. The van der Waals surface area contributed by atoms with Gasteiger partial charge in [-0.2, -0.15) is 0 Å². The number of likely N-dealkylation sites (N-methyl/N-ethyl adjacent to an activating group) is 1. The van der Waals surface area contributed by atoms with Gasteiger partial charge in [0.05, 0.1) is 12.6 Å². The van der Waals surface area contributed by atoms with Crippen molar-refractivity contribution in [2.24, 2.45) is 5.92 Å². The third kappa shape index (κ3) is 11.9. The molecule has 0 bridgehead atoms. The first-order chi connectivity index (χ1) is 21.3. The van der Waals surface area contributed by atoms with E-state index in [1.165, 1.54) is 31.3 Å². The number of methoxy groups -OCH3 is 1. The normalized spacial score (nSPS) is 15.1. The number of halogens is 1. The molecule has 0 radical (unpaired) electrons.